The molecule has 2 aromatic heterocycles. The third-order valence-corrected chi connectivity index (χ3v) is 7.02. The van der Waals surface area contributed by atoms with E-state index < -0.39 is 5.76 Å². The number of benzene rings is 3. The molecule has 0 saturated carbocycles. The molecule has 6 rings (SSSR count). The van der Waals surface area contributed by atoms with Gasteiger partial charge in [0.1, 0.15) is 18.2 Å². The van der Waals surface area contributed by atoms with E-state index in [4.69, 9.17) is 14.2 Å². The normalized spacial score (nSPS) is 14.1. The predicted molar refractivity (Wildman–Crippen MR) is 143 cm³/mol. The van der Waals surface area contributed by atoms with E-state index >= 15 is 0 Å². The van der Waals surface area contributed by atoms with E-state index in [2.05, 4.69) is 65.0 Å². The minimum Gasteiger partial charge on any atom is -0.488 e. The average molecular weight is 493 g/mol. The number of ether oxygens (including phenoxy) is 1. The maximum Gasteiger partial charge on any atom is 0.439 e. The molecule has 3 heterocycles. The Bertz CT molecular complexity index is 1720. The molecule has 7 nitrogen and oxygen atoms in total. The fourth-order valence-corrected chi connectivity index (χ4v) is 5.23. The highest BCUT2D eigenvalue weighted by atomic mass is 16.5. The van der Waals surface area contributed by atoms with Crippen molar-refractivity contribution in [3.8, 4) is 5.75 Å². The highest BCUT2D eigenvalue weighted by Gasteiger charge is 2.23. The molecule has 1 N–H and O–H groups in total. The first-order chi connectivity index (χ1) is 18.0. The number of hydrogen-bond acceptors (Lipinski definition) is 5. The van der Waals surface area contributed by atoms with Crippen molar-refractivity contribution >= 4 is 22.2 Å². The number of rotatable bonds is 5. The molecule has 0 bridgehead atoms. The molecule has 0 fully saturated rings. The minimum absolute atomic E-state index is 0.413. The molecule has 0 aliphatic carbocycles. The molecular formula is C30H28N4O3. The van der Waals surface area contributed by atoms with Crippen LogP contribution in [0.3, 0.4) is 0 Å². The topological polar surface area (TPSA) is 85.9 Å². The van der Waals surface area contributed by atoms with E-state index in [1.165, 1.54) is 11.1 Å². The van der Waals surface area contributed by atoms with E-state index in [1.807, 2.05) is 31.2 Å². The third kappa shape index (κ3) is 4.06. The maximum atomic E-state index is 11.7. The summed E-state index contributed by atoms with van der Waals surface area (Å²) >= 11 is 0. The van der Waals surface area contributed by atoms with Gasteiger partial charge in [0.15, 0.2) is 5.82 Å². The molecule has 37 heavy (non-hydrogen) atoms. The summed E-state index contributed by atoms with van der Waals surface area (Å²) in [6.45, 7) is 7.42. The standard InChI is InChI=1S/C30H28N4O3/c1-4-8-26-31-28-18(2)9-7-11-24(28)34(26)16-20-13-14-22-21(15-20)17-36-25-12-6-5-10-23(25)27(22)19(3)29-32-30(35)37-33-29/h5-7,9-15H,4,8,16-17H2,1-3H3,(H,32,33,35)/b27-19+. The first-order valence-corrected chi connectivity index (χ1v) is 12.6. The minimum atomic E-state index is -0.575. The number of aromatic amines is 1. The Balaban J connectivity index is 1.48. The smallest absolute Gasteiger partial charge is 0.439 e. The molecule has 1 aliphatic heterocycles. The fourth-order valence-electron chi connectivity index (χ4n) is 5.23. The monoisotopic (exact) mass is 492 g/mol. The van der Waals surface area contributed by atoms with Crippen LogP contribution in [0, 0.1) is 6.92 Å². The molecule has 0 saturated heterocycles. The Morgan fingerprint density at radius 3 is 2.76 bits per heavy atom. The van der Waals surface area contributed by atoms with E-state index in [0.717, 1.165) is 69.8 Å². The van der Waals surface area contributed by atoms with Crippen molar-refractivity contribution in [3.05, 3.63) is 111 Å². The summed E-state index contributed by atoms with van der Waals surface area (Å²) in [4.78, 5) is 19.4. The number of fused-ring (bicyclic) bond motifs is 3. The predicted octanol–water partition coefficient (Wildman–Crippen LogP) is 5.89. The summed E-state index contributed by atoms with van der Waals surface area (Å²) in [5, 5.41) is 3.95. The number of aromatic nitrogens is 4. The van der Waals surface area contributed by atoms with Crippen LogP contribution in [-0.4, -0.2) is 19.7 Å². The lowest BCUT2D eigenvalue weighted by Gasteiger charge is -2.15. The van der Waals surface area contributed by atoms with E-state index in [0.29, 0.717) is 12.4 Å². The second-order valence-corrected chi connectivity index (χ2v) is 9.53. The molecule has 0 radical (unpaired) electrons. The Kier molecular flexibility index (Phi) is 5.75. The zero-order chi connectivity index (χ0) is 25.5. The number of H-pyrrole nitrogens is 1. The zero-order valence-corrected chi connectivity index (χ0v) is 21.2. The van der Waals surface area contributed by atoms with Gasteiger partial charge in [-0.05, 0) is 66.3 Å². The first kappa shape index (κ1) is 23.0. The van der Waals surface area contributed by atoms with Gasteiger partial charge in [0, 0.05) is 24.1 Å². The molecule has 3 aromatic carbocycles. The summed E-state index contributed by atoms with van der Waals surface area (Å²) in [7, 11) is 0. The van der Waals surface area contributed by atoms with Gasteiger partial charge in [0.05, 0.1) is 11.0 Å². The van der Waals surface area contributed by atoms with Gasteiger partial charge in [-0.1, -0.05) is 54.5 Å². The maximum absolute atomic E-state index is 11.7. The fraction of sp³-hybridized carbons (Fsp3) is 0.233. The molecular weight excluding hydrogens is 464 g/mol. The van der Waals surface area contributed by atoms with E-state index in [9.17, 15) is 4.79 Å². The van der Waals surface area contributed by atoms with Crippen LogP contribution in [0.4, 0.5) is 0 Å². The van der Waals surface area contributed by atoms with Gasteiger partial charge in [0.2, 0.25) is 0 Å². The summed E-state index contributed by atoms with van der Waals surface area (Å²) < 4.78 is 13.4. The van der Waals surface area contributed by atoms with Gasteiger partial charge in [-0.3, -0.25) is 9.51 Å². The summed E-state index contributed by atoms with van der Waals surface area (Å²) in [5.41, 5.74) is 9.47. The van der Waals surface area contributed by atoms with Gasteiger partial charge in [0.25, 0.3) is 0 Å². The van der Waals surface area contributed by atoms with Crippen LogP contribution in [0.15, 0.2) is 70.0 Å². The quantitative estimate of drug-likeness (QED) is 0.330. The largest absolute Gasteiger partial charge is 0.488 e. The highest BCUT2D eigenvalue weighted by Crippen LogP contribution is 2.40. The van der Waals surface area contributed by atoms with E-state index in [1.54, 1.807) is 0 Å². The van der Waals surface area contributed by atoms with E-state index in [-0.39, 0.29) is 0 Å². The molecule has 1 aliphatic rings. The van der Waals surface area contributed by atoms with Crippen LogP contribution in [-0.2, 0) is 19.6 Å². The van der Waals surface area contributed by atoms with Crippen LogP contribution in [0.1, 0.15) is 59.7 Å². The van der Waals surface area contributed by atoms with Crippen molar-refractivity contribution in [1.82, 2.24) is 19.7 Å². The van der Waals surface area contributed by atoms with Gasteiger partial charge in [-0.15, -0.1) is 0 Å². The number of imidazole rings is 1. The van der Waals surface area contributed by atoms with Crippen molar-refractivity contribution in [2.24, 2.45) is 0 Å². The Hall–Kier alpha value is -4.39. The molecule has 0 amide bonds. The highest BCUT2D eigenvalue weighted by molar-refractivity contribution is 5.99. The lowest BCUT2D eigenvalue weighted by atomic mass is 9.89. The van der Waals surface area contributed by atoms with Gasteiger partial charge >= 0.3 is 5.76 Å². The first-order valence-electron chi connectivity index (χ1n) is 12.6. The molecule has 5 aromatic rings. The van der Waals surface area contributed by atoms with Crippen LogP contribution in [0.25, 0.3) is 22.2 Å². The Labute approximate surface area is 214 Å². The average Bonchev–Trinajstić information content (AvgIpc) is 3.44. The third-order valence-electron chi connectivity index (χ3n) is 7.02. The number of allylic oxidation sites excluding steroid dienone is 1. The molecule has 7 heteroatoms. The Morgan fingerprint density at radius 2 is 1.95 bits per heavy atom. The molecule has 0 unspecified atom stereocenters. The number of hydrogen-bond donors (Lipinski definition) is 1. The van der Waals surface area contributed by atoms with Crippen LogP contribution >= 0.6 is 0 Å². The van der Waals surface area contributed by atoms with Crippen LogP contribution in [0.2, 0.25) is 0 Å². The molecule has 0 spiro atoms. The lowest BCUT2D eigenvalue weighted by molar-refractivity contribution is 0.307. The summed E-state index contributed by atoms with van der Waals surface area (Å²) in [5.74, 6) is 1.74. The van der Waals surface area contributed by atoms with Crippen molar-refractivity contribution in [1.29, 1.82) is 0 Å². The molecule has 0 atom stereocenters. The number of aryl methyl sites for hydroxylation is 2. The number of nitrogens with zero attached hydrogens (tertiary/aromatic N) is 3. The summed E-state index contributed by atoms with van der Waals surface area (Å²) in [6.07, 6.45) is 1.97. The molecule has 186 valence electrons. The van der Waals surface area contributed by atoms with Crippen molar-refractivity contribution in [2.45, 2.75) is 46.8 Å². The second-order valence-electron chi connectivity index (χ2n) is 9.53. The zero-order valence-electron chi connectivity index (χ0n) is 21.2. The SMILES string of the molecule is CCCc1nc2c(C)cccc2n1Cc1ccc2c(c1)COc1ccccc1/C2=C(\C)c1noc(=O)[nH]1. The van der Waals surface area contributed by atoms with Crippen LogP contribution in [0.5, 0.6) is 5.75 Å². The van der Waals surface area contributed by atoms with Gasteiger partial charge < -0.3 is 9.30 Å². The van der Waals surface area contributed by atoms with Gasteiger partial charge in [-0.2, -0.15) is 0 Å². The second kappa shape index (κ2) is 9.24. The Morgan fingerprint density at radius 1 is 1.08 bits per heavy atom. The number of nitrogens with one attached hydrogen (secondary N) is 1. The summed E-state index contributed by atoms with van der Waals surface area (Å²) in [6, 6.07) is 20.9. The van der Waals surface area contributed by atoms with Crippen LogP contribution < -0.4 is 10.5 Å². The number of para-hydroxylation sites is 2. The van der Waals surface area contributed by atoms with Crippen molar-refractivity contribution in [3.63, 3.8) is 0 Å². The van der Waals surface area contributed by atoms with Crippen molar-refractivity contribution < 1.29 is 9.26 Å². The lowest BCUT2D eigenvalue weighted by Crippen LogP contribution is -2.07. The van der Waals surface area contributed by atoms with Gasteiger partial charge in [-0.25, -0.2) is 9.78 Å². The van der Waals surface area contributed by atoms with Crippen molar-refractivity contribution in [2.75, 3.05) is 0 Å².